The lowest BCUT2D eigenvalue weighted by Gasteiger charge is -2.30. The molecule has 0 spiro atoms. The van der Waals surface area contributed by atoms with Gasteiger partial charge in [-0.05, 0) is 59.4 Å². The Morgan fingerprint density at radius 3 is 2.60 bits per heavy atom. The van der Waals surface area contributed by atoms with Crippen molar-refractivity contribution in [1.29, 1.82) is 0 Å². The summed E-state index contributed by atoms with van der Waals surface area (Å²) >= 11 is 2.93. The van der Waals surface area contributed by atoms with Crippen LogP contribution in [0.4, 0.5) is 0 Å². The van der Waals surface area contributed by atoms with Gasteiger partial charge in [-0.3, -0.25) is 14.2 Å². The van der Waals surface area contributed by atoms with E-state index < -0.39 is 0 Å². The molecule has 6 nitrogen and oxygen atoms in total. The van der Waals surface area contributed by atoms with Crippen LogP contribution < -0.4 is 5.56 Å². The SMILES string of the molecule is CCc1c(C)sc2nc(SCC(=O)N(C(C)C)C(C)C)n(CC3CCCO3)c(=O)c12. The van der Waals surface area contributed by atoms with Gasteiger partial charge in [0.05, 0.1) is 23.8 Å². The highest BCUT2D eigenvalue weighted by Crippen LogP contribution is 2.30. The normalized spacial score (nSPS) is 16.9. The molecule has 1 aliphatic heterocycles. The minimum Gasteiger partial charge on any atom is -0.376 e. The summed E-state index contributed by atoms with van der Waals surface area (Å²) in [5.41, 5.74) is 1.09. The van der Waals surface area contributed by atoms with E-state index in [4.69, 9.17) is 9.72 Å². The fourth-order valence-corrected chi connectivity index (χ4v) is 6.33. The van der Waals surface area contributed by atoms with Crippen molar-refractivity contribution in [1.82, 2.24) is 14.5 Å². The topological polar surface area (TPSA) is 64.4 Å². The number of amides is 1. The molecule has 8 heteroatoms. The molecule has 1 saturated heterocycles. The number of ether oxygens (including phenoxy) is 1. The smallest absolute Gasteiger partial charge is 0.263 e. The van der Waals surface area contributed by atoms with Gasteiger partial charge >= 0.3 is 0 Å². The van der Waals surface area contributed by atoms with Crippen molar-refractivity contribution in [2.24, 2.45) is 0 Å². The molecule has 1 atom stereocenters. The number of hydrogen-bond donors (Lipinski definition) is 0. The van der Waals surface area contributed by atoms with E-state index in [0.717, 1.165) is 46.5 Å². The molecule has 1 aliphatic rings. The molecule has 0 saturated carbocycles. The molecule has 1 unspecified atom stereocenters. The van der Waals surface area contributed by atoms with Gasteiger partial charge in [0.2, 0.25) is 5.91 Å². The largest absolute Gasteiger partial charge is 0.376 e. The van der Waals surface area contributed by atoms with E-state index in [-0.39, 0.29) is 35.4 Å². The van der Waals surface area contributed by atoms with Gasteiger partial charge in [0.15, 0.2) is 5.16 Å². The van der Waals surface area contributed by atoms with Crippen LogP contribution in [0.15, 0.2) is 9.95 Å². The zero-order chi connectivity index (χ0) is 22.0. The van der Waals surface area contributed by atoms with Crippen molar-refractivity contribution < 1.29 is 9.53 Å². The van der Waals surface area contributed by atoms with Crippen LogP contribution in [0.1, 0.15) is 57.9 Å². The van der Waals surface area contributed by atoms with Crippen LogP contribution in [-0.2, 0) is 22.5 Å². The van der Waals surface area contributed by atoms with Crippen molar-refractivity contribution in [2.75, 3.05) is 12.4 Å². The van der Waals surface area contributed by atoms with Gasteiger partial charge in [-0.1, -0.05) is 18.7 Å². The first-order chi connectivity index (χ1) is 14.2. The lowest BCUT2D eigenvalue weighted by atomic mass is 10.1. The van der Waals surface area contributed by atoms with Gasteiger partial charge in [-0.25, -0.2) is 4.98 Å². The van der Waals surface area contributed by atoms with Crippen LogP contribution >= 0.6 is 23.1 Å². The lowest BCUT2D eigenvalue weighted by molar-refractivity contribution is -0.131. The zero-order valence-electron chi connectivity index (χ0n) is 18.9. The van der Waals surface area contributed by atoms with Crippen molar-refractivity contribution in [3.63, 3.8) is 0 Å². The Kier molecular flexibility index (Phi) is 7.63. The van der Waals surface area contributed by atoms with E-state index in [2.05, 4.69) is 13.8 Å². The van der Waals surface area contributed by atoms with Gasteiger partial charge in [0.25, 0.3) is 5.56 Å². The Morgan fingerprint density at radius 1 is 1.33 bits per heavy atom. The van der Waals surface area contributed by atoms with Gasteiger partial charge < -0.3 is 9.64 Å². The molecule has 2 aromatic heterocycles. The molecule has 30 heavy (non-hydrogen) atoms. The second-order valence-electron chi connectivity index (χ2n) is 8.39. The molecule has 0 bridgehead atoms. The molecule has 0 N–H and O–H groups in total. The molecule has 166 valence electrons. The highest BCUT2D eigenvalue weighted by Gasteiger charge is 2.25. The number of aromatic nitrogens is 2. The Labute approximate surface area is 187 Å². The van der Waals surface area contributed by atoms with Gasteiger partial charge in [0.1, 0.15) is 4.83 Å². The van der Waals surface area contributed by atoms with Gasteiger partial charge in [-0.2, -0.15) is 0 Å². The van der Waals surface area contributed by atoms with Crippen LogP contribution in [0.25, 0.3) is 10.2 Å². The number of aryl methyl sites for hydroxylation is 2. The van der Waals surface area contributed by atoms with Crippen LogP contribution in [0, 0.1) is 6.92 Å². The summed E-state index contributed by atoms with van der Waals surface area (Å²) in [6.07, 6.45) is 2.81. The number of carbonyl (C=O) groups is 1. The summed E-state index contributed by atoms with van der Waals surface area (Å²) in [4.78, 5) is 35.0. The summed E-state index contributed by atoms with van der Waals surface area (Å²) in [6.45, 7) is 13.5. The molecule has 0 aliphatic carbocycles. The third kappa shape index (κ3) is 4.75. The number of rotatable bonds is 8. The predicted octanol–water partition coefficient (Wildman–Crippen LogP) is 4.25. The number of carbonyl (C=O) groups excluding carboxylic acids is 1. The van der Waals surface area contributed by atoms with E-state index >= 15 is 0 Å². The molecule has 0 radical (unpaired) electrons. The summed E-state index contributed by atoms with van der Waals surface area (Å²) in [5, 5.41) is 1.35. The van der Waals surface area contributed by atoms with E-state index in [1.807, 2.05) is 32.6 Å². The zero-order valence-corrected chi connectivity index (χ0v) is 20.5. The van der Waals surface area contributed by atoms with Gasteiger partial charge in [-0.15, -0.1) is 11.3 Å². The number of thioether (sulfide) groups is 1. The standard InChI is InChI=1S/C22H33N3O3S2/c1-7-17-15(6)30-20-19(17)21(27)24(11-16-9-8-10-28-16)22(23-20)29-12-18(26)25(13(2)3)14(4)5/h13-14,16H,7-12H2,1-6H3. The average molecular weight is 452 g/mol. The average Bonchev–Trinajstić information content (AvgIpc) is 3.28. The second-order valence-corrected chi connectivity index (χ2v) is 10.5. The minimum absolute atomic E-state index is 0.00350. The van der Waals surface area contributed by atoms with Gasteiger partial charge in [0, 0.05) is 23.6 Å². The molecular formula is C22H33N3O3S2. The van der Waals surface area contributed by atoms with E-state index in [1.54, 1.807) is 15.9 Å². The molecule has 3 rings (SSSR count). The fourth-order valence-electron chi connectivity index (χ4n) is 4.29. The first-order valence-electron chi connectivity index (χ1n) is 10.8. The maximum Gasteiger partial charge on any atom is 0.263 e. The molecular weight excluding hydrogens is 418 g/mol. The highest BCUT2D eigenvalue weighted by atomic mass is 32.2. The first-order valence-corrected chi connectivity index (χ1v) is 12.6. The van der Waals surface area contributed by atoms with Crippen molar-refractivity contribution in [2.45, 2.75) is 90.7 Å². The Bertz CT molecular complexity index is 951. The van der Waals surface area contributed by atoms with Crippen LogP contribution in [0.3, 0.4) is 0 Å². The summed E-state index contributed by atoms with van der Waals surface area (Å²) in [5.74, 6) is 0.338. The van der Waals surface area contributed by atoms with Crippen LogP contribution in [0.2, 0.25) is 0 Å². The molecule has 1 amide bonds. The number of fused-ring (bicyclic) bond motifs is 1. The second kappa shape index (κ2) is 9.83. The van der Waals surface area contributed by atoms with Crippen molar-refractivity contribution in [3.05, 3.63) is 20.8 Å². The Morgan fingerprint density at radius 2 is 2.03 bits per heavy atom. The third-order valence-corrected chi connectivity index (χ3v) is 7.57. The molecule has 3 heterocycles. The highest BCUT2D eigenvalue weighted by molar-refractivity contribution is 7.99. The summed E-state index contributed by atoms with van der Waals surface area (Å²) in [7, 11) is 0. The Hall–Kier alpha value is -1.38. The first kappa shape index (κ1) is 23.3. The Balaban J connectivity index is 1.97. The quantitative estimate of drug-likeness (QED) is 0.444. The minimum atomic E-state index is -0.00350. The number of thiophene rings is 1. The van der Waals surface area contributed by atoms with Crippen molar-refractivity contribution >= 4 is 39.2 Å². The fraction of sp³-hybridized carbons (Fsp3) is 0.682. The van der Waals surface area contributed by atoms with E-state index in [0.29, 0.717) is 11.7 Å². The molecule has 1 fully saturated rings. The maximum atomic E-state index is 13.5. The summed E-state index contributed by atoms with van der Waals surface area (Å²) in [6, 6.07) is 0.268. The van der Waals surface area contributed by atoms with Crippen LogP contribution in [0.5, 0.6) is 0 Å². The molecule has 0 aromatic carbocycles. The van der Waals surface area contributed by atoms with E-state index in [1.165, 1.54) is 11.8 Å². The summed E-state index contributed by atoms with van der Waals surface area (Å²) < 4.78 is 7.54. The van der Waals surface area contributed by atoms with Crippen molar-refractivity contribution in [3.8, 4) is 0 Å². The van der Waals surface area contributed by atoms with Crippen LogP contribution in [-0.4, -0.2) is 50.9 Å². The number of nitrogens with zero attached hydrogens (tertiary/aromatic N) is 3. The maximum absolute atomic E-state index is 13.5. The lowest BCUT2D eigenvalue weighted by Crippen LogP contribution is -2.43. The third-order valence-electron chi connectivity index (χ3n) is 5.57. The monoisotopic (exact) mass is 451 g/mol. The predicted molar refractivity (Wildman–Crippen MR) is 125 cm³/mol. The molecule has 2 aromatic rings. The van der Waals surface area contributed by atoms with E-state index in [9.17, 15) is 9.59 Å². The number of hydrogen-bond acceptors (Lipinski definition) is 6.